The quantitative estimate of drug-likeness (QED) is 0.577. The fourth-order valence-corrected chi connectivity index (χ4v) is 1.64. The molecule has 1 aromatic heterocycles. The molecule has 0 aromatic carbocycles. The van der Waals surface area contributed by atoms with Crippen molar-refractivity contribution in [2.24, 2.45) is 0 Å². The molecule has 1 saturated heterocycles. The Morgan fingerprint density at radius 3 is 2.26 bits per heavy atom. The van der Waals surface area contributed by atoms with Crippen LogP contribution in [0.1, 0.15) is 5.56 Å². The van der Waals surface area contributed by atoms with Crippen LogP contribution in [0.15, 0.2) is 24.5 Å². The smallest absolute Gasteiger partial charge is 0.335 e. The summed E-state index contributed by atoms with van der Waals surface area (Å²) in [7, 11) is 0. The van der Waals surface area contributed by atoms with Crippen molar-refractivity contribution >= 4 is 23.8 Å². The van der Waals surface area contributed by atoms with Crippen LogP contribution in [0.2, 0.25) is 0 Å². The predicted molar refractivity (Wildman–Crippen MR) is 59.5 cm³/mol. The number of hydrogen-bond donors (Lipinski definition) is 1. The van der Waals surface area contributed by atoms with E-state index in [2.05, 4.69) is 4.98 Å². The van der Waals surface area contributed by atoms with Crippen molar-refractivity contribution in [1.82, 2.24) is 14.8 Å². The number of pyridine rings is 1. The van der Waals surface area contributed by atoms with E-state index < -0.39 is 30.4 Å². The van der Waals surface area contributed by atoms with Gasteiger partial charge in [0, 0.05) is 12.4 Å². The van der Waals surface area contributed by atoms with Gasteiger partial charge < -0.3 is 5.11 Å². The van der Waals surface area contributed by atoms with E-state index in [0.29, 0.717) is 15.4 Å². The number of carbonyl (C=O) groups is 4. The lowest BCUT2D eigenvalue weighted by Crippen LogP contribution is -2.36. The van der Waals surface area contributed by atoms with Crippen molar-refractivity contribution in [2.75, 3.05) is 6.54 Å². The lowest BCUT2D eigenvalue weighted by atomic mass is 10.2. The second-order valence-corrected chi connectivity index (χ2v) is 3.81. The number of imide groups is 2. The second-order valence-electron chi connectivity index (χ2n) is 3.81. The van der Waals surface area contributed by atoms with Crippen LogP contribution in [-0.2, 0) is 20.9 Å². The summed E-state index contributed by atoms with van der Waals surface area (Å²) in [5, 5.41) is 8.59. The normalized spacial score (nSPS) is 15.3. The third-order valence-electron chi connectivity index (χ3n) is 2.52. The Kier molecular flexibility index (Phi) is 3.23. The monoisotopic (exact) mass is 263 g/mol. The van der Waals surface area contributed by atoms with Crippen LogP contribution < -0.4 is 0 Å². The summed E-state index contributed by atoms with van der Waals surface area (Å²) in [6.45, 7) is -0.918. The summed E-state index contributed by atoms with van der Waals surface area (Å²) >= 11 is 0. The molecule has 4 amide bonds. The Morgan fingerprint density at radius 2 is 1.68 bits per heavy atom. The van der Waals surface area contributed by atoms with Gasteiger partial charge in [-0.05, 0) is 17.7 Å². The Labute approximate surface area is 107 Å². The highest BCUT2D eigenvalue weighted by Crippen LogP contribution is 2.15. The number of amides is 4. The van der Waals surface area contributed by atoms with E-state index in [4.69, 9.17) is 5.11 Å². The zero-order valence-electron chi connectivity index (χ0n) is 9.65. The number of rotatable bonds is 4. The minimum absolute atomic E-state index is 0.0952. The second kappa shape index (κ2) is 4.84. The van der Waals surface area contributed by atoms with Gasteiger partial charge in [0.25, 0.3) is 0 Å². The van der Waals surface area contributed by atoms with Gasteiger partial charge in [-0.3, -0.25) is 24.3 Å². The molecular weight excluding hydrogens is 254 g/mol. The van der Waals surface area contributed by atoms with Crippen LogP contribution in [0.5, 0.6) is 0 Å². The number of nitrogens with zero attached hydrogens (tertiary/aromatic N) is 3. The van der Waals surface area contributed by atoms with Crippen LogP contribution in [0.25, 0.3) is 0 Å². The van der Waals surface area contributed by atoms with E-state index in [1.165, 1.54) is 12.4 Å². The summed E-state index contributed by atoms with van der Waals surface area (Å²) in [5.74, 6) is -3.51. The molecule has 0 radical (unpaired) electrons. The lowest BCUT2D eigenvalue weighted by Gasteiger charge is -2.13. The summed E-state index contributed by atoms with van der Waals surface area (Å²) in [6, 6.07) is 2.25. The molecule has 8 heteroatoms. The van der Waals surface area contributed by atoms with E-state index in [9.17, 15) is 19.2 Å². The summed E-state index contributed by atoms with van der Waals surface area (Å²) in [4.78, 5) is 50.3. The van der Waals surface area contributed by atoms with Crippen LogP contribution in [0.3, 0.4) is 0 Å². The first kappa shape index (κ1) is 12.7. The van der Waals surface area contributed by atoms with Crippen molar-refractivity contribution < 1.29 is 24.3 Å². The Bertz CT molecular complexity index is 557. The van der Waals surface area contributed by atoms with Crippen LogP contribution in [-0.4, -0.2) is 50.2 Å². The highest BCUT2D eigenvalue weighted by molar-refractivity contribution is 6.44. The van der Waals surface area contributed by atoms with Gasteiger partial charge in [0.05, 0.1) is 6.54 Å². The average molecular weight is 263 g/mol. The molecule has 0 saturated carbocycles. The standard InChI is InChI=1S/C11H9N3O5/c15-8(16)6-14-10(18)9(17)13(11(14)19)5-7-1-3-12-4-2-7/h1-4H,5-6H2,(H,15,16). The van der Waals surface area contributed by atoms with Crippen molar-refractivity contribution in [3.63, 3.8) is 0 Å². The van der Waals surface area contributed by atoms with Crippen LogP contribution in [0, 0.1) is 0 Å². The number of hydrogen-bond acceptors (Lipinski definition) is 5. The summed E-state index contributed by atoms with van der Waals surface area (Å²) in [5.41, 5.74) is 0.613. The molecule has 1 N–H and O–H groups in total. The molecule has 0 bridgehead atoms. The molecule has 19 heavy (non-hydrogen) atoms. The number of aromatic nitrogens is 1. The van der Waals surface area contributed by atoms with E-state index in [-0.39, 0.29) is 6.54 Å². The van der Waals surface area contributed by atoms with Gasteiger partial charge in [-0.2, -0.15) is 0 Å². The lowest BCUT2D eigenvalue weighted by molar-refractivity contribution is -0.146. The Balaban J connectivity index is 2.18. The molecule has 0 aliphatic carbocycles. The molecule has 8 nitrogen and oxygen atoms in total. The van der Waals surface area contributed by atoms with E-state index in [0.717, 1.165) is 0 Å². The third kappa shape index (κ3) is 2.41. The SMILES string of the molecule is O=C(O)CN1C(=O)C(=O)N(Cc2ccncc2)C1=O. The van der Waals surface area contributed by atoms with E-state index >= 15 is 0 Å². The van der Waals surface area contributed by atoms with E-state index in [1.807, 2.05) is 0 Å². The van der Waals surface area contributed by atoms with Gasteiger partial charge >= 0.3 is 23.8 Å². The third-order valence-corrected chi connectivity index (χ3v) is 2.52. The highest BCUT2D eigenvalue weighted by atomic mass is 16.4. The molecule has 0 spiro atoms. The number of carbonyl (C=O) groups excluding carboxylic acids is 3. The molecule has 1 aliphatic rings. The average Bonchev–Trinajstić information content (AvgIpc) is 2.57. The molecular formula is C11H9N3O5. The van der Waals surface area contributed by atoms with Crippen LogP contribution in [0.4, 0.5) is 4.79 Å². The zero-order chi connectivity index (χ0) is 14.0. The minimum Gasteiger partial charge on any atom is -0.480 e. The molecule has 98 valence electrons. The van der Waals surface area contributed by atoms with Gasteiger partial charge in [0.15, 0.2) is 0 Å². The molecule has 1 aromatic rings. The first-order chi connectivity index (χ1) is 9.00. The molecule has 1 aliphatic heterocycles. The molecule has 0 unspecified atom stereocenters. The number of carboxylic acids is 1. The van der Waals surface area contributed by atoms with E-state index in [1.54, 1.807) is 12.1 Å². The Morgan fingerprint density at radius 1 is 1.11 bits per heavy atom. The Hall–Kier alpha value is -2.77. The van der Waals surface area contributed by atoms with Gasteiger partial charge in [0.1, 0.15) is 6.54 Å². The van der Waals surface area contributed by atoms with Gasteiger partial charge in [0.2, 0.25) is 0 Å². The van der Waals surface area contributed by atoms with Crippen molar-refractivity contribution in [3.8, 4) is 0 Å². The molecule has 0 atom stereocenters. The maximum Gasteiger partial charge on any atom is 0.335 e. The van der Waals surface area contributed by atoms with Crippen molar-refractivity contribution in [2.45, 2.75) is 6.54 Å². The number of urea groups is 1. The van der Waals surface area contributed by atoms with Crippen molar-refractivity contribution in [3.05, 3.63) is 30.1 Å². The molecule has 2 heterocycles. The fraction of sp³-hybridized carbons (Fsp3) is 0.182. The number of carboxylic acid groups (broad SMARTS) is 1. The highest BCUT2D eigenvalue weighted by Gasteiger charge is 2.45. The topological polar surface area (TPSA) is 108 Å². The zero-order valence-corrected chi connectivity index (χ0v) is 9.65. The van der Waals surface area contributed by atoms with Crippen LogP contribution >= 0.6 is 0 Å². The fourth-order valence-electron chi connectivity index (χ4n) is 1.64. The molecule has 1 fully saturated rings. The van der Waals surface area contributed by atoms with Gasteiger partial charge in [-0.1, -0.05) is 0 Å². The first-order valence-electron chi connectivity index (χ1n) is 5.28. The maximum atomic E-state index is 11.8. The predicted octanol–water partition coefficient (Wildman–Crippen LogP) is -0.543. The summed E-state index contributed by atoms with van der Waals surface area (Å²) < 4.78 is 0. The minimum atomic E-state index is -1.36. The first-order valence-corrected chi connectivity index (χ1v) is 5.28. The number of aliphatic carboxylic acids is 1. The molecule has 2 rings (SSSR count). The largest absolute Gasteiger partial charge is 0.480 e. The maximum absolute atomic E-state index is 11.8. The van der Waals surface area contributed by atoms with Gasteiger partial charge in [-0.25, -0.2) is 9.69 Å². The van der Waals surface area contributed by atoms with Crippen molar-refractivity contribution in [1.29, 1.82) is 0 Å². The summed E-state index contributed by atoms with van der Waals surface area (Å²) in [6.07, 6.45) is 2.97. The van der Waals surface area contributed by atoms with Gasteiger partial charge in [-0.15, -0.1) is 0 Å².